The number of hydrogen-bond acceptors (Lipinski definition) is 2. The minimum absolute atomic E-state index is 0.0486. The fraction of sp³-hybridized carbons (Fsp3) is 0.500. The molecule has 0 bridgehead atoms. The topological polar surface area (TPSA) is 26.3 Å². The molecule has 0 amide bonds. The highest BCUT2D eigenvalue weighted by molar-refractivity contribution is 5.92. The summed E-state index contributed by atoms with van der Waals surface area (Å²) >= 11 is 0. The van der Waals surface area contributed by atoms with Crippen molar-refractivity contribution >= 4 is 11.5 Å². The van der Waals surface area contributed by atoms with Crippen molar-refractivity contribution in [2.75, 3.05) is 0 Å². The molecule has 1 aliphatic rings. The van der Waals surface area contributed by atoms with Gasteiger partial charge in [0.1, 0.15) is 0 Å². The van der Waals surface area contributed by atoms with Crippen molar-refractivity contribution in [3.63, 3.8) is 0 Å². The zero-order valence-corrected chi connectivity index (χ0v) is 16.9. The third-order valence-corrected chi connectivity index (χ3v) is 4.12. The molecule has 5 heteroatoms. The van der Waals surface area contributed by atoms with Gasteiger partial charge in [-0.1, -0.05) is 52.0 Å². The summed E-state index contributed by atoms with van der Waals surface area (Å²) in [6, 6.07) is 5.46. The van der Waals surface area contributed by atoms with Gasteiger partial charge in [-0.25, -0.2) is 4.79 Å². The first-order valence-electron chi connectivity index (χ1n) is 9.41. The maximum Gasteiger partial charge on any atom is 0.412 e. The summed E-state index contributed by atoms with van der Waals surface area (Å²) in [5, 5.41) is 0. The van der Waals surface area contributed by atoms with Crippen LogP contribution in [0, 0.1) is 0 Å². The summed E-state index contributed by atoms with van der Waals surface area (Å²) in [7, 11) is 0. The highest BCUT2D eigenvalue weighted by Gasteiger charge is 2.33. The van der Waals surface area contributed by atoms with Crippen LogP contribution in [0.25, 0.3) is 5.57 Å². The largest absolute Gasteiger partial charge is 0.459 e. The maximum absolute atomic E-state index is 12.7. The van der Waals surface area contributed by atoms with Crippen LogP contribution in [0.2, 0.25) is 0 Å². The van der Waals surface area contributed by atoms with E-state index >= 15 is 0 Å². The number of halogens is 3. The number of rotatable bonds is 4. The third-order valence-electron chi connectivity index (χ3n) is 4.12. The number of allylic oxidation sites excluding steroid dienone is 4. The quantitative estimate of drug-likeness (QED) is 0.521. The van der Waals surface area contributed by atoms with Gasteiger partial charge >= 0.3 is 12.1 Å². The lowest BCUT2D eigenvalue weighted by molar-refractivity contribution is -0.0939. The van der Waals surface area contributed by atoms with E-state index in [4.69, 9.17) is 4.74 Å². The van der Waals surface area contributed by atoms with Gasteiger partial charge in [-0.3, -0.25) is 0 Å². The van der Waals surface area contributed by atoms with Crippen LogP contribution in [-0.4, -0.2) is 18.2 Å². The van der Waals surface area contributed by atoms with Gasteiger partial charge in [0.15, 0.2) is 0 Å². The first-order chi connectivity index (χ1) is 12.6. The lowest BCUT2D eigenvalue weighted by Gasteiger charge is -2.19. The van der Waals surface area contributed by atoms with Gasteiger partial charge in [-0.05, 0) is 55.4 Å². The summed E-state index contributed by atoms with van der Waals surface area (Å²) in [5.41, 5.74) is 2.39. The first-order valence-corrected chi connectivity index (χ1v) is 9.41. The van der Waals surface area contributed by atoms with E-state index < -0.39 is 17.7 Å². The predicted octanol–water partition coefficient (Wildman–Crippen LogP) is 7.07. The van der Waals surface area contributed by atoms with Gasteiger partial charge in [0.25, 0.3) is 0 Å². The molecule has 150 valence electrons. The number of hydrogen-bond donors (Lipinski definition) is 0. The van der Waals surface area contributed by atoms with Crippen LogP contribution >= 0.6 is 0 Å². The highest BCUT2D eigenvalue weighted by Crippen LogP contribution is 2.36. The molecule has 2 rings (SSSR count). The normalized spacial score (nSPS) is 14.3. The molecule has 0 radical (unpaired) electrons. The molecule has 1 aromatic carbocycles. The first kappa shape index (κ1) is 23.0. The molecule has 0 saturated heterocycles. The molecule has 0 atom stereocenters. The van der Waals surface area contributed by atoms with Crippen molar-refractivity contribution in [1.29, 1.82) is 0 Å². The molecular weight excluding hydrogens is 353 g/mol. The average molecular weight is 382 g/mol. The molecule has 0 aromatic heterocycles. The van der Waals surface area contributed by atoms with Gasteiger partial charge in [0, 0.05) is 5.57 Å². The van der Waals surface area contributed by atoms with E-state index in [1.54, 1.807) is 19.9 Å². The maximum atomic E-state index is 12.7. The molecule has 1 aromatic rings. The Morgan fingerprint density at radius 3 is 2.11 bits per heavy atom. The number of alkyl halides is 3. The molecule has 2 nitrogen and oxygen atoms in total. The Balaban J connectivity index is 0.00000176. The summed E-state index contributed by atoms with van der Waals surface area (Å²) in [6.45, 7) is 11.5. The highest BCUT2D eigenvalue weighted by atomic mass is 19.4. The van der Waals surface area contributed by atoms with E-state index in [1.807, 2.05) is 39.8 Å². The van der Waals surface area contributed by atoms with Crippen LogP contribution in [-0.2, 0) is 4.74 Å². The zero-order chi connectivity index (χ0) is 20.8. The number of carbonyl (C=O) groups excluding carboxylic acids is 1. The van der Waals surface area contributed by atoms with Crippen LogP contribution in [0.3, 0.4) is 0 Å². The Morgan fingerprint density at radius 2 is 1.67 bits per heavy atom. The summed E-state index contributed by atoms with van der Waals surface area (Å²) in [5.74, 6) is -0.260. The third kappa shape index (κ3) is 6.26. The van der Waals surface area contributed by atoms with E-state index in [-0.39, 0.29) is 18.4 Å². The van der Waals surface area contributed by atoms with Crippen molar-refractivity contribution in [3.8, 4) is 0 Å². The fourth-order valence-electron chi connectivity index (χ4n) is 2.83. The summed E-state index contributed by atoms with van der Waals surface area (Å²) < 4.78 is 43.5. The Morgan fingerprint density at radius 1 is 1.04 bits per heavy atom. The van der Waals surface area contributed by atoms with Crippen molar-refractivity contribution in [1.82, 2.24) is 0 Å². The van der Waals surface area contributed by atoms with Crippen molar-refractivity contribution in [2.45, 2.75) is 72.6 Å². The molecule has 27 heavy (non-hydrogen) atoms. The van der Waals surface area contributed by atoms with Gasteiger partial charge < -0.3 is 4.74 Å². The van der Waals surface area contributed by atoms with Crippen molar-refractivity contribution < 1.29 is 22.7 Å². The molecule has 0 heterocycles. The predicted molar refractivity (Wildman–Crippen MR) is 104 cm³/mol. The molecule has 0 saturated carbocycles. The molecule has 1 aliphatic carbocycles. The smallest absolute Gasteiger partial charge is 0.412 e. The van der Waals surface area contributed by atoms with Gasteiger partial charge in [-0.2, -0.15) is 13.2 Å². The van der Waals surface area contributed by atoms with Crippen LogP contribution < -0.4 is 0 Å². The van der Waals surface area contributed by atoms with Crippen molar-refractivity contribution in [3.05, 3.63) is 52.6 Å². The average Bonchev–Trinajstić information content (AvgIpc) is 2.61. The number of benzene rings is 1. The molecule has 0 fully saturated rings. The SMILES string of the molecule is CC.CC(C)OC(=O)c1cc(C2=CC=C(C(F)(F)F)CC2)ccc1C(C)C. The van der Waals surface area contributed by atoms with E-state index in [9.17, 15) is 18.0 Å². The number of carbonyl (C=O) groups is 1. The van der Waals surface area contributed by atoms with Gasteiger partial charge in [-0.15, -0.1) is 0 Å². The minimum atomic E-state index is -4.28. The van der Waals surface area contributed by atoms with Gasteiger partial charge in [0.05, 0.1) is 11.7 Å². The van der Waals surface area contributed by atoms with Crippen LogP contribution in [0.5, 0.6) is 0 Å². The van der Waals surface area contributed by atoms with Gasteiger partial charge in [0.2, 0.25) is 0 Å². The van der Waals surface area contributed by atoms with Crippen LogP contribution in [0.1, 0.15) is 81.8 Å². The standard InChI is InChI=1S/C20H23F3O2.C2H6/c1-12(2)17-10-7-15(11-18(17)19(24)25-13(3)4)14-5-8-16(9-6-14)20(21,22)23;1-2/h5,7-8,10-13H,6,9H2,1-4H3;1-2H3. The molecule has 0 N–H and O–H groups in total. The van der Waals surface area contributed by atoms with Crippen LogP contribution in [0.4, 0.5) is 13.2 Å². The second kappa shape index (κ2) is 9.77. The molecule has 0 aliphatic heterocycles. The second-order valence-corrected chi connectivity index (χ2v) is 6.79. The summed E-state index contributed by atoms with van der Waals surface area (Å²) in [6.07, 6.45) is -1.65. The van der Waals surface area contributed by atoms with E-state index in [0.29, 0.717) is 12.0 Å². The zero-order valence-electron chi connectivity index (χ0n) is 16.9. The van der Waals surface area contributed by atoms with Crippen LogP contribution in [0.15, 0.2) is 35.9 Å². The fourth-order valence-corrected chi connectivity index (χ4v) is 2.83. The molecule has 0 unspecified atom stereocenters. The second-order valence-electron chi connectivity index (χ2n) is 6.79. The Bertz CT molecular complexity index is 711. The van der Waals surface area contributed by atoms with E-state index in [1.165, 1.54) is 6.08 Å². The minimum Gasteiger partial charge on any atom is -0.459 e. The Labute approximate surface area is 160 Å². The monoisotopic (exact) mass is 382 g/mol. The number of esters is 1. The summed E-state index contributed by atoms with van der Waals surface area (Å²) in [4.78, 5) is 12.4. The van der Waals surface area contributed by atoms with E-state index in [2.05, 4.69) is 0 Å². The van der Waals surface area contributed by atoms with E-state index in [0.717, 1.165) is 22.8 Å². The molecule has 0 spiro atoms. The Kier molecular flexibility index (Phi) is 8.32. The van der Waals surface area contributed by atoms with Crippen molar-refractivity contribution in [2.24, 2.45) is 0 Å². The lowest BCUT2D eigenvalue weighted by atomic mass is 9.89. The number of ether oxygens (including phenoxy) is 1. The molecular formula is C22H29F3O2. The Hall–Kier alpha value is -2.04. The lowest BCUT2D eigenvalue weighted by Crippen LogP contribution is -2.15.